The molecular formula is C18H12ClN5O. The van der Waals surface area contributed by atoms with Gasteiger partial charge < -0.3 is 0 Å². The largest absolute Gasteiger partial charge is 0.282 e. The summed E-state index contributed by atoms with van der Waals surface area (Å²) in [6.45, 7) is 0. The number of carbonyl (C=O) groups excluding carboxylic acids is 1. The Bertz CT molecular complexity index is 1060. The van der Waals surface area contributed by atoms with E-state index in [-0.39, 0.29) is 5.91 Å². The Balaban J connectivity index is 1.79. The van der Waals surface area contributed by atoms with Gasteiger partial charge in [0.05, 0.1) is 11.7 Å². The summed E-state index contributed by atoms with van der Waals surface area (Å²) in [5, 5.41) is 13.2. The zero-order valence-electron chi connectivity index (χ0n) is 13.0. The number of hydrogen-bond donors (Lipinski definition) is 0. The lowest BCUT2D eigenvalue weighted by Gasteiger charge is -2.04. The molecule has 122 valence electrons. The van der Waals surface area contributed by atoms with Gasteiger partial charge in [0.25, 0.3) is 5.91 Å². The molecule has 0 saturated heterocycles. The van der Waals surface area contributed by atoms with Gasteiger partial charge in [-0.05, 0) is 30.3 Å². The highest BCUT2D eigenvalue weighted by atomic mass is 35.5. The molecule has 0 saturated carbocycles. The Morgan fingerprint density at radius 2 is 1.76 bits per heavy atom. The number of halogens is 1. The van der Waals surface area contributed by atoms with Crippen molar-refractivity contribution in [1.29, 1.82) is 0 Å². The van der Waals surface area contributed by atoms with E-state index in [1.165, 1.54) is 17.3 Å². The van der Waals surface area contributed by atoms with Crippen molar-refractivity contribution in [2.24, 2.45) is 5.10 Å². The fourth-order valence-corrected chi connectivity index (χ4v) is 2.72. The molecule has 7 heteroatoms. The second-order valence-electron chi connectivity index (χ2n) is 5.37. The lowest BCUT2D eigenvalue weighted by molar-refractivity contribution is 0.0965. The number of aromatic nitrogens is 4. The molecule has 0 aliphatic rings. The fourth-order valence-electron chi connectivity index (χ4n) is 2.59. The molecule has 0 spiro atoms. The van der Waals surface area contributed by atoms with E-state index in [2.05, 4.69) is 15.3 Å². The maximum absolute atomic E-state index is 12.9. The molecule has 0 fully saturated rings. The highest BCUT2D eigenvalue weighted by Gasteiger charge is 2.14. The standard InChI is InChI=1S/C18H12ClN5O/c19-15-7-5-13(6-8-15)18(25)24-10-14(9-22-23-11-20-21-12-23)16-3-1-2-4-17(16)24/h1-12H/b22-9+. The number of hydrogen-bond acceptors (Lipinski definition) is 4. The van der Waals surface area contributed by atoms with Gasteiger partial charge in [0.15, 0.2) is 0 Å². The molecule has 2 heterocycles. The molecule has 4 rings (SSSR count). The van der Waals surface area contributed by atoms with Crippen molar-refractivity contribution in [3.05, 3.63) is 83.5 Å². The van der Waals surface area contributed by atoms with Crippen molar-refractivity contribution in [2.45, 2.75) is 0 Å². The van der Waals surface area contributed by atoms with Gasteiger partial charge in [0, 0.05) is 27.7 Å². The molecule has 0 radical (unpaired) electrons. The monoisotopic (exact) mass is 349 g/mol. The molecule has 0 unspecified atom stereocenters. The van der Waals surface area contributed by atoms with E-state index in [0.717, 1.165) is 16.5 Å². The number of fused-ring (bicyclic) bond motifs is 1. The van der Waals surface area contributed by atoms with E-state index in [4.69, 9.17) is 11.6 Å². The van der Waals surface area contributed by atoms with Crippen LogP contribution in [0.2, 0.25) is 5.02 Å². The van der Waals surface area contributed by atoms with Gasteiger partial charge in [0.2, 0.25) is 0 Å². The van der Waals surface area contributed by atoms with Crippen LogP contribution in [-0.4, -0.2) is 31.6 Å². The van der Waals surface area contributed by atoms with Crippen LogP contribution in [-0.2, 0) is 0 Å². The van der Waals surface area contributed by atoms with E-state index < -0.39 is 0 Å². The van der Waals surface area contributed by atoms with Crippen LogP contribution in [0, 0.1) is 0 Å². The maximum Gasteiger partial charge on any atom is 0.262 e. The molecule has 0 bridgehead atoms. The summed E-state index contributed by atoms with van der Waals surface area (Å²) in [6.07, 6.45) is 6.44. The second kappa shape index (κ2) is 6.33. The average molecular weight is 350 g/mol. The van der Waals surface area contributed by atoms with Crippen molar-refractivity contribution >= 4 is 34.6 Å². The minimum Gasteiger partial charge on any atom is -0.282 e. The number of benzene rings is 2. The predicted octanol–water partition coefficient (Wildman–Crippen LogP) is 3.46. The van der Waals surface area contributed by atoms with Gasteiger partial charge in [-0.25, -0.2) is 4.68 Å². The molecule has 2 aromatic carbocycles. The Morgan fingerprint density at radius 1 is 1.04 bits per heavy atom. The highest BCUT2D eigenvalue weighted by Crippen LogP contribution is 2.22. The smallest absolute Gasteiger partial charge is 0.262 e. The second-order valence-corrected chi connectivity index (χ2v) is 5.81. The highest BCUT2D eigenvalue weighted by molar-refractivity contribution is 6.30. The summed E-state index contributed by atoms with van der Waals surface area (Å²) in [6, 6.07) is 14.5. The van der Waals surface area contributed by atoms with Crippen LogP contribution in [0.3, 0.4) is 0 Å². The minimum absolute atomic E-state index is 0.128. The quantitative estimate of drug-likeness (QED) is 0.532. The molecule has 0 amide bonds. The SMILES string of the molecule is O=C(c1ccc(Cl)cc1)n1cc(/C=N/n2cnnc2)c2ccccc21. The maximum atomic E-state index is 12.9. The topological polar surface area (TPSA) is 65.1 Å². The molecule has 2 aromatic heterocycles. The van der Waals surface area contributed by atoms with Crippen molar-refractivity contribution in [3.8, 4) is 0 Å². The Hall–Kier alpha value is -3.25. The van der Waals surface area contributed by atoms with Gasteiger partial charge >= 0.3 is 0 Å². The van der Waals surface area contributed by atoms with E-state index in [1.807, 2.05) is 24.3 Å². The Morgan fingerprint density at radius 3 is 2.52 bits per heavy atom. The zero-order chi connectivity index (χ0) is 17.2. The molecule has 4 aromatic rings. The lowest BCUT2D eigenvalue weighted by Crippen LogP contribution is -2.10. The van der Waals surface area contributed by atoms with Crippen molar-refractivity contribution in [2.75, 3.05) is 0 Å². The number of rotatable bonds is 3. The van der Waals surface area contributed by atoms with Crippen LogP contribution < -0.4 is 0 Å². The summed E-state index contributed by atoms with van der Waals surface area (Å²) in [5.41, 5.74) is 2.20. The number of carbonyl (C=O) groups is 1. The van der Waals surface area contributed by atoms with Gasteiger partial charge in [-0.1, -0.05) is 29.8 Å². The first-order valence-electron chi connectivity index (χ1n) is 7.52. The lowest BCUT2D eigenvalue weighted by atomic mass is 10.2. The normalized spacial score (nSPS) is 11.4. The van der Waals surface area contributed by atoms with E-state index in [0.29, 0.717) is 10.6 Å². The molecule has 0 aliphatic carbocycles. The number of nitrogens with zero attached hydrogens (tertiary/aromatic N) is 5. The minimum atomic E-state index is -0.128. The predicted molar refractivity (Wildman–Crippen MR) is 96.1 cm³/mol. The van der Waals surface area contributed by atoms with Crippen LogP contribution in [0.4, 0.5) is 0 Å². The molecule has 0 atom stereocenters. The van der Waals surface area contributed by atoms with Crippen molar-refractivity contribution in [3.63, 3.8) is 0 Å². The third-order valence-electron chi connectivity index (χ3n) is 3.79. The first kappa shape index (κ1) is 15.3. The molecule has 25 heavy (non-hydrogen) atoms. The first-order chi connectivity index (χ1) is 12.2. The summed E-state index contributed by atoms with van der Waals surface area (Å²) in [4.78, 5) is 12.9. The third-order valence-corrected chi connectivity index (χ3v) is 4.04. The summed E-state index contributed by atoms with van der Waals surface area (Å²) in [7, 11) is 0. The first-order valence-corrected chi connectivity index (χ1v) is 7.89. The van der Waals surface area contributed by atoms with E-state index in [9.17, 15) is 4.79 Å². The Labute approximate surface area is 148 Å². The molecule has 6 nitrogen and oxygen atoms in total. The van der Waals surface area contributed by atoms with Gasteiger partial charge in [0.1, 0.15) is 12.7 Å². The van der Waals surface area contributed by atoms with Crippen molar-refractivity contribution in [1.82, 2.24) is 19.4 Å². The van der Waals surface area contributed by atoms with Crippen LogP contribution in [0.5, 0.6) is 0 Å². The van der Waals surface area contributed by atoms with Crippen molar-refractivity contribution < 1.29 is 4.79 Å². The fraction of sp³-hybridized carbons (Fsp3) is 0. The van der Waals surface area contributed by atoms with Gasteiger partial charge in [-0.3, -0.25) is 9.36 Å². The van der Waals surface area contributed by atoms with E-state index in [1.54, 1.807) is 41.2 Å². The summed E-state index contributed by atoms with van der Waals surface area (Å²) >= 11 is 5.90. The molecule has 0 N–H and O–H groups in total. The third kappa shape index (κ3) is 2.95. The van der Waals surface area contributed by atoms with Gasteiger partial charge in [-0.15, -0.1) is 10.2 Å². The van der Waals surface area contributed by atoms with E-state index >= 15 is 0 Å². The average Bonchev–Trinajstić information content (AvgIpc) is 3.28. The van der Waals surface area contributed by atoms with Crippen LogP contribution in [0.25, 0.3) is 10.9 Å². The van der Waals surface area contributed by atoms with Gasteiger partial charge in [-0.2, -0.15) is 5.10 Å². The molecular weight excluding hydrogens is 338 g/mol. The van der Waals surface area contributed by atoms with Crippen LogP contribution >= 0.6 is 11.6 Å². The number of para-hydroxylation sites is 1. The van der Waals surface area contributed by atoms with Crippen LogP contribution in [0.1, 0.15) is 15.9 Å². The van der Waals surface area contributed by atoms with Crippen LogP contribution in [0.15, 0.2) is 72.5 Å². The Kier molecular flexibility index (Phi) is 3.87. The molecule has 0 aliphatic heterocycles. The summed E-state index contributed by atoms with van der Waals surface area (Å²) in [5.74, 6) is -0.128. The summed E-state index contributed by atoms with van der Waals surface area (Å²) < 4.78 is 3.11. The zero-order valence-corrected chi connectivity index (χ0v) is 13.7.